The van der Waals surface area contributed by atoms with Crippen LogP contribution in [0, 0.1) is 24.5 Å². The standard InChI is InChI=1S/C14H16F2N2O/c1-7-4-11(16)13(6-10(7)15)18-14(19)9-5-8-2-3-12(9)17-8/h4,6,8-9,12,17H,2-3,5H2,1H3,(H,18,19). The van der Waals surface area contributed by atoms with E-state index < -0.39 is 11.6 Å². The minimum Gasteiger partial charge on any atom is -0.323 e. The van der Waals surface area contributed by atoms with E-state index in [9.17, 15) is 13.6 Å². The summed E-state index contributed by atoms with van der Waals surface area (Å²) in [5, 5.41) is 5.86. The molecule has 2 N–H and O–H groups in total. The first-order valence-corrected chi connectivity index (χ1v) is 6.57. The van der Waals surface area contributed by atoms with Crippen molar-refractivity contribution in [2.45, 2.75) is 38.3 Å². The number of hydrogen-bond acceptors (Lipinski definition) is 2. The van der Waals surface area contributed by atoms with Crippen LogP contribution in [0.25, 0.3) is 0 Å². The monoisotopic (exact) mass is 266 g/mol. The van der Waals surface area contributed by atoms with Crippen molar-refractivity contribution in [2.24, 2.45) is 5.92 Å². The number of fused-ring (bicyclic) bond motifs is 2. The highest BCUT2D eigenvalue weighted by Gasteiger charge is 2.42. The lowest BCUT2D eigenvalue weighted by atomic mass is 9.88. The molecule has 5 heteroatoms. The third-order valence-electron chi connectivity index (χ3n) is 4.14. The predicted molar refractivity (Wildman–Crippen MR) is 67.8 cm³/mol. The summed E-state index contributed by atoms with van der Waals surface area (Å²) in [7, 11) is 0. The van der Waals surface area contributed by atoms with E-state index in [1.807, 2.05) is 0 Å². The molecular weight excluding hydrogens is 250 g/mol. The highest BCUT2D eigenvalue weighted by Crippen LogP contribution is 2.34. The predicted octanol–water partition coefficient (Wildman–Crippen LogP) is 2.35. The van der Waals surface area contributed by atoms with E-state index in [1.165, 1.54) is 6.92 Å². The fourth-order valence-electron chi connectivity index (χ4n) is 3.08. The number of rotatable bonds is 2. The molecule has 2 bridgehead atoms. The smallest absolute Gasteiger partial charge is 0.229 e. The highest BCUT2D eigenvalue weighted by molar-refractivity contribution is 5.93. The second-order valence-corrected chi connectivity index (χ2v) is 5.46. The Balaban J connectivity index is 1.75. The van der Waals surface area contributed by atoms with Gasteiger partial charge in [-0.2, -0.15) is 0 Å². The molecule has 2 aliphatic rings. The van der Waals surface area contributed by atoms with Gasteiger partial charge in [-0.25, -0.2) is 8.78 Å². The molecule has 0 radical (unpaired) electrons. The first kappa shape index (κ1) is 12.5. The molecule has 2 heterocycles. The van der Waals surface area contributed by atoms with E-state index in [-0.39, 0.29) is 29.1 Å². The first-order chi connectivity index (χ1) is 9.04. The van der Waals surface area contributed by atoms with E-state index in [0.29, 0.717) is 6.04 Å². The molecule has 1 aromatic rings. The Morgan fingerprint density at radius 3 is 2.74 bits per heavy atom. The van der Waals surface area contributed by atoms with Crippen molar-refractivity contribution < 1.29 is 13.6 Å². The molecule has 3 rings (SSSR count). The average molecular weight is 266 g/mol. The summed E-state index contributed by atoms with van der Waals surface area (Å²) in [4.78, 5) is 12.1. The Bertz CT molecular complexity index is 532. The van der Waals surface area contributed by atoms with Crippen molar-refractivity contribution in [1.29, 1.82) is 0 Å². The maximum absolute atomic E-state index is 13.7. The van der Waals surface area contributed by atoms with Gasteiger partial charge in [0, 0.05) is 18.2 Å². The summed E-state index contributed by atoms with van der Waals surface area (Å²) in [5.41, 5.74) is 0.160. The Morgan fingerprint density at radius 2 is 2.11 bits per heavy atom. The third kappa shape index (κ3) is 2.23. The maximum atomic E-state index is 13.7. The van der Waals surface area contributed by atoms with Gasteiger partial charge in [0.25, 0.3) is 0 Å². The van der Waals surface area contributed by atoms with Crippen molar-refractivity contribution in [1.82, 2.24) is 5.32 Å². The summed E-state index contributed by atoms with van der Waals surface area (Å²) in [5.74, 6) is -1.46. The summed E-state index contributed by atoms with van der Waals surface area (Å²) in [6.45, 7) is 1.49. The molecule has 1 amide bonds. The number of aryl methyl sites for hydroxylation is 1. The molecule has 1 aromatic carbocycles. The van der Waals surface area contributed by atoms with E-state index in [0.717, 1.165) is 31.4 Å². The van der Waals surface area contributed by atoms with Gasteiger partial charge in [-0.15, -0.1) is 0 Å². The Morgan fingerprint density at radius 1 is 1.32 bits per heavy atom. The second-order valence-electron chi connectivity index (χ2n) is 5.46. The van der Waals surface area contributed by atoms with Crippen molar-refractivity contribution >= 4 is 11.6 Å². The zero-order valence-corrected chi connectivity index (χ0v) is 10.7. The zero-order chi connectivity index (χ0) is 13.6. The molecule has 2 aliphatic heterocycles. The molecule has 3 nitrogen and oxygen atoms in total. The van der Waals surface area contributed by atoms with Gasteiger partial charge in [-0.05, 0) is 37.8 Å². The number of amides is 1. The van der Waals surface area contributed by atoms with E-state index >= 15 is 0 Å². The van der Waals surface area contributed by atoms with Crippen LogP contribution in [0.1, 0.15) is 24.8 Å². The zero-order valence-electron chi connectivity index (χ0n) is 10.7. The molecule has 2 fully saturated rings. The van der Waals surface area contributed by atoms with Crippen LogP contribution >= 0.6 is 0 Å². The quantitative estimate of drug-likeness (QED) is 0.862. The average Bonchev–Trinajstić information content (AvgIpc) is 2.98. The van der Waals surface area contributed by atoms with Crippen LogP contribution < -0.4 is 10.6 Å². The lowest BCUT2D eigenvalue weighted by molar-refractivity contribution is -0.120. The third-order valence-corrected chi connectivity index (χ3v) is 4.14. The molecule has 0 aromatic heterocycles. The number of halogens is 2. The van der Waals surface area contributed by atoms with Gasteiger partial charge in [0.15, 0.2) is 0 Å². The van der Waals surface area contributed by atoms with Crippen molar-refractivity contribution in [2.75, 3.05) is 5.32 Å². The molecule has 3 atom stereocenters. The molecule has 0 spiro atoms. The highest BCUT2D eigenvalue weighted by atomic mass is 19.1. The first-order valence-electron chi connectivity index (χ1n) is 6.57. The topological polar surface area (TPSA) is 41.1 Å². The van der Waals surface area contributed by atoms with Gasteiger partial charge in [0.05, 0.1) is 11.6 Å². The van der Waals surface area contributed by atoms with E-state index in [2.05, 4.69) is 10.6 Å². The van der Waals surface area contributed by atoms with Crippen molar-refractivity contribution in [3.05, 3.63) is 29.3 Å². The summed E-state index contributed by atoms with van der Waals surface area (Å²) in [6, 6.07) is 2.73. The Hall–Kier alpha value is -1.49. The number of carbonyl (C=O) groups excluding carboxylic acids is 1. The molecular formula is C14H16F2N2O. The van der Waals surface area contributed by atoms with Gasteiger partial charge in [0.1, 0.15) is 11.6 Å². The van der Waals surface area contributed by atoms with Crippen LogP contribution in [0.5, 0.6) is 0 Å². The van der Waals surface area contributed by atoms with Gasteiger partial charge in [-0.1, -0.05) is 0 Å². The largest absolute Gasteiger partial charge is 0.323 e. The summed E-state index contributed by atoms with van der Waals surface area (Å²) in [6.07, 6.45) is 2.86. The van der Waals surface area contributed by atoms with E-state index in [1.54, 1.807) is 0 Å². The second kappa shape index (κ2) is 4.56. The lowest BCUT2D eigenvalue weighted by Gasteiger charge is -2.19. The van der Waals surface area contributed by atoms with Gasteiger partial charge < -0.3 is 10.6 Å². The number of anilines is 1. The van der Waals surface area contributed by atoms with Crippen LogP contribution in [0.15, 0.2) is 12.1 Å². The number of carbonyl (C=O) groups is 1. The van der Waals surface area contributed by atoms with Crippen LogP contribution in [0.4, 0.5) is 14.5 Å². The van der Waals surface area contributed by atoms with Gasteiger partial charge in [-0.3, -0.25) is 4.79 Å². The number of benzene rings is 1. The van der Waals surface area contributed by atoms with Crippen LogP contribution in [-0.4, -0.2) is 18.0 Å². The van der Waals surface area contributed by atoms with Crippen LogP contribution in [0.2, 0.25) is 0 Å². The van der Waals surface area contributed by atoms with Crippen LogP contribution in [0.3, 0.4) is 0 Å². The number of hydrogen-bond donors (Lipinski definition) is 2. The normalized spacial score (nSPS) is 28.7. The molecule has 0 aliphatic carbocycles. The van der Waals surface area contributed by atoms with Crippen LogP contribution in [-0.2, 0) is 4.79 Å². The molecule has 2 saturated heterocycles. The molecule has 3 unspecified atom stereocenters. The van der Waals surface area contributed by atoms with Gasteiger partial charge >= 0.3 is 0 Å². The fourth-order valence-corrected chi connectivity index (χ4v) is 3.08. The SMILES string of the molecule is Cc1cc(F)c(NC(=O)C2CC3CCC2N3)cc1F. The maximum Gasteiger partial charge on any atom is 0.229 e. The minimum absolute atomic E-state index is 0.0733. The molecule has 102 valence electrons. The van der Waals surface area contributed by atoms with Gasteiger partial charge in [0.2, 0.25) is 5.91 Å². The molecule has 19 heavy (non-hydrogen) atoms. The lowest BCUT2D eigenvalue weighted by Crippen LogP contribution is -2.33. The minimum atomic E-state index is -0.594. The van der Waals surface area contributed by atoms with E-state index in [4.69, 9.17) is 0 Å². The fraction of sp³-hybridized carbons (Fsp3) is 0.500. The summed E-state index contributed by atoms with van der Waals surface area (Å²) >= 11 is 0. The Kier molecular flexibility index (Phi) is 3.01. The van der Waals surface area contributed by atoms with Crippen molar-refractivity contribution in [3.63, 3.8) is 0 Å². The summed E-state index contributed by atoms with van der Waals surface area (Å²) < 4.78 is 27.1. The van der Waals surface area contributed by atoms with Crippen molar-refractivity contribution in [3.8, 4) is 0 Å². The Labute approximate surface area is 110 Å². The number of nitrogens with one attached hydrogen (secondary N) is 2. The molecule has 0 saturated carbocycles.